The van der Waals surface area contributed by atoms with Gasteiger partial charge in [-0.15, -0.1) is 11.8 Å². The zero-order chi connectivity index (χ0) is 6.69. The van der Waals surface area contributed by atoms with Crippen LogP contribution >= 0.6 is 11.8 Å². The van der Waals surface area contributed by atoms with E-state index in [0.29, 0.717) is 0 Å². The van der Waals surface area contributed by atoms with Gasteiger partial charge in [-0.3, -0.25) is 4.21 Å². The van der Waals surface area contributed by atoms with Crippen molar-refractivity contribution in [3.63, 3.8) is 0 Å². The molecule has 1 unspecified atom stereocenters. The lowest BCUT2D eigenvalue weighted by Gasteiger charge is -2.11. The number of hydrogen-bond acceptors (Lipinski definition) is 2. The summed E-state index contributed by atoms with van der Waals surface area (Å²) in [5.41, 5.74) is 0. The molecule has 0 saturated carbocycles. The van der Waals surface area contributed by atoms with Gasteiger partial charge in [0.1, 0.15) is 0 Å². The Hall–Kier alpha value is 0.240. The maximum atomic E-state index is 11.0. The van der Waals surface area contributed by atoms with Gasteiger partial charge in [0.05, 0.1) is 15.0 Å². The molecule has 0 aromatic carbocycles. The first-order chi connectivity index (χ1) is 4.34. The van der Waals surface area contributed by atoms with Crippen molar-refractivity contribution in [3.05, 3.63) is 10.3 Å². The summed E-state index contributed by atoms with van der Waals surface area (Å²) < 4.78 is 12.1. The van der Waals surface area contributed by atoms with Crippen LogP contribution < -0.4 is 0 Å². The Kier molecular flexibility index (Phi) is 2.79. The third-order valence-corrected chi connectivity index (χ3v) is 4.45. The van der Waals surface area contributed by atoms with Crippen LogP contribution in [0.4, 0.5) is 0 Å². The molecule has 3 heteroatoms. The van der Waals surface area contributed by atoms with E-state index < -0.39 is 10.8 Å². The molecule has 1 aliphatic rings. The fourth-order valence-corrected chi connectivity index (χ4v) is 3.48. The lowest BCUT2D eigenvalue weighted by molar-refractivity contribution is 0.686. The molecule has 0 bridgehead atoms. The highest BCUT2D eigenvalue weighted by Crippen LogP contribution is 2.25. The first kappa shape index (κ1) is 7.35. The van der Waals surface area contributed by atoms with Gasteiger partial charge in [-0.1, -0.05) is 6.08 Å². The lowest BCUT2D eigenvalue weighted by atomic mass is 10.6. The van der Waals surface area contributed by atoms with Crippen LogP contribution in [0, 0.1) is 0 Å². The van der Waals surface area contributed by atoms with Gasteiger partial charge in [0.25, 0.3) is 0 Å². The van der Waals surface area contributed by atoms with Gasteiger partial charge in [-0.2, -0.15) is 0 Å². The molecule has 1 saturated heterocycles. The standard InChI is InChI=1S/C6H10OS2/c1-2-6-8-4-3-5-9(6)7/h2H,3-5H2,1H3/b6-2+. The van der Waals surface area contributed by atoms with Crippen molar-refractivity contribution in [1.82, 2.24) is 0 Å². The second kappa shape index (κ2) is 3.42. The van der Waals surface area contributed by atoms with Crippen molar-refractivity contribution < 1.29 is 4.21 Å². The van der Waals surface area contributed by atoms with E-state index in [1.807, 2.05) is 13.0 Å². The highest BCUT2D eigenvalue weighted by molar-refractivity contribution is 8.17. The quantitative estimate of drug-likeness (QED) is 0.539. The predicted molar refractivity (Wildman–Crippen MR) is 43.8 cm³/mol. The molecule has 1 nitrogen and oxygen atoms in total. The van der Waals surface area contributed by atoms with E-state index in [4.69, 9.17) is 0 Å². The summed E-state index contributed by atoms with van der Waals surface area (Å²) in [7, 11) is -0.654. The van der Waals surface area contributed by atoms with Gasteiger partial charge in [-0.05, 0) is 19.1 Å². The van der Waals surface area contributed by atoms with E-state index in [-0.39, 0.29) is 0 Å². The molecule has 1 heterocycles. The van der Waals surface area contributed by atoms with Crippen LogP contribution in [-0.2, 0) is 10.8 Å². The van der Waals surface area contributed by atoms with Gasteiger partial charge in [0, 0.05) is 5.75 Å². The SMILES string of the molecule is C/C=C1\SCCCS1=O. The van der Waals surface area contributed by atoms with Crippen molar-refractivity contribution in [3.8, 4) is 0 Å². The molecule has 0 aliphatic carbocycles. The zero-order valence-electron chi connectivity index (χ0n) is 5.42. The Bertz CT molecular complexity index is 151. The summed E-state index contributed by atoms with van der Waals surface area (Å²) in [6.45, 7) is 1.95. The zero-order valence-corrected chi connectivity index (χ0v) is 7.06. The molecule has 1 fully saturated rings. The molecule has 1 rings (SSSR count). The van der Waals surface area contributed by atoms with Gasteiger partial charge >= 0.3 is 0 Å². The summed E-state index contributed by atoms with van der Waals surface area (Å²) in [4.78, 5) is 0. The molecule has 0 aromatic heterocycles. The van der Waals surface area contributed by atoms with E-state index in [0.717, 1.165) is 22.2 Å². The number of allylic oxidation sites excluding steroid dienone is 1. The summed E-state index contributed by atoms with van der Waals surface area (Å²) in [6.07, 6.45) is 3.06. The third-order valence-electron chi connectivity index (χ3n) is 1.18. The Morgan fingerprint density at radius 3 is 3.00 bits per heavy atom. The highest BCUT2D eigenvalue weighted by Gasteiger charge is 2.11. The highest BCUT2D eigenvalue weighted by atomic mass is 32.2. The minimum atomic E-state index is -0.654. The van der Waals surface area contributed by atoms with Gasteiger partial charge in [0.15, 0.2) is 0 Å². The van der Waals surface area contributed by atoms with Crippen LogP contribution in [0.3, 0.4) is 0 Å². The monoisotopic (exact) mass is 162 g/mol. The van der Waals surface area contributed by atoms with Crippen LogP contribution in [0.15, 0.2) is 10.3 Å². The van der Waals surface area contributed by atoms with Crippen molar-refractivity contribution >= 4 is 22.6 Å². The Morgan fingerprint density at radius 2 is 2.56 bits per heavy atom. The minimum Gasteiger partial charge on any atom is -0.254 e. The van der Waals surface area contributed by atoms with Crippen LogP contribution in [0.25, 0.3) is 0 Å². The maximum Gasteiger partial charge on any atom is 0.0673 e. The average Bonchev–Trinajstić information content (AvgIpc) is 1.89. The van der Waals surface area contributed by atoms with Crippen molar-refractivity contribution in [2.45, 2.75) is 13.3 Å². The minimum absolute atomic E-state index is 0.654. The molecule has 52 valence electrons. The summed E-state index contributed by atoms with van der Waals surface area (Å²) in [5, 5.41) is 0. The van der Waals surface area contributed by atoms with E-state index in [2.05, 4.69) is 0 Å². The normalized spacial score (nSPS) is 33.0. The summed E-state index contributed by atoms with van der Waals surface area (Å²) >= 11 is 1.73. The first-order valence-corrected chi connectivity index (χ1v) is 5.32. The fourth-order valence-electron chi connectivity index (χ4n) is 0.744. The van der Waals surface area contributed by atoms with E-state index in [1.165, 1.54) is 0 Å². The second-order valence-electron chi connectivity index (χ2n) is 1.86. The molecule has 0 spiro atoms. The summed E-state index contributed by atoms with van der Waals surface area (Å²) in [6, 6.07) is 0. The van der Waals surface area contributed by atoms with Crippen LogP contribution in [0.5, 0.6) is 0 Å². The number of hydrogen-bond donors (Lipinski definition) is 0. The van der Waals surface area contributed by atoms with Crippen LogP contribution in [0.1, 0.15) is 13.3 Å². The van der Waals surface area contributed by atoms with E-state index in [9.17, 15) is 4.21 Å². The topological polar surface area (TPSA) is 17.1 Å². The maximum absolute atomic E-state index is 11.0. The third kappa shape index (κ3) is 1.83. The van der Waals surface area contributed by atoms with Gasteiger partial charge in [0.2, 0.25) is 0 Å². The molecule has 9 heavy (non-hydrogen) atoms. The molecule has 0 N–H and O–H groups in total. The molecule has 0 aromatic rings. The van der Waals surface area contributed by atoms with Gasteiger partial charge in [-0.25, -0.2) is 0 Å². The Morgan fingerprint density at radius 1 is 1.78 bits per heavy atom. The second-order valence-corrected chi connectivity index (χ2v) is 4.79. The lowest BCUT2D eigenvalue weighted by Crippen LogP contribution is -2.05. The predicted octanol–water partition coefficient (Wildman–Crippen LogP) is 1.73. The Labute approximate surface area is 62.4 Å². The van der Waals surface area contributed by atoms with Crippen molar-refractivity contribution in [1.29, 1.82) is 0 Å². The van der Waals surface area contributed by atoms with Crippen LogP contribution in [-0.4, -0.2) is 15.7 Å². The number of thioether (sulfide) groups is 1. The smallest absolute Gasteiger partial charge is 0.0673 e. The Balaban J connectivity index is 2.60. The molecule has 0 amide bonds. The van der Waals surface area contributed by atoms with Crippen LogP contribution in [0.2, 0.25) is 0 Å². The van der Waals surface area contributed by atoms with Crippen molar-refractivity contribution in [2.75, 3.05) is 11.5 Å². The van der Waals surface area contributed by atoms with Gasteiger partial charge < -0.3 is 0 Å². The summed E-state index contributed by atoms with van der Waals surface area (Å²) in [5.74, 6) is 2.01. The fraction of sp³-hybridized carbons (Fsp3) is 0.667. The number of rotatable bonds is 0. The molecule has 0 radical (unpaired) electrons. The van der Waals surface area contributed by atoms with E-state index in [1.54, 1.807) is 11.8 Å². The molecule has 1 atom stereocenters. The molecular formula is C6H10OS2. The molecular weight excluding hydrogens is 152 g/mol. The largest absolute Gasteiger partial charge is 0.254 e. The molecule has 1 aliphatic heterocycles. The average molecular weight is 162 g/mol. The van der Waals surface area contributed by atoms with E-state index >= 15 is 0 Å². The first-order valence-electron chi connectivity index (χ1n) is 3.02. The van der Waals surface area contributed by atoms with Crippen molar-refractivity contribution in [2.24, 2.45) is 0 Å².